The minimum absolute atomic E-state index is 0.232. The topological polar surface area (TPSA) is 98.7 Å². The quantitative estimate of drug-likeness (QED) is 0.705. The molecular weight excluding hydrogens is 330 g/mol. The minimum Gasteiger partial charge on any atom is -0.386 e. The largest absolute Gasteiger partial charge is 0.386 e. The third-order valence-electron chi connectivity index (χ3n) is 4.85. The Morgan fingerprint density at radius 1 is 1.29 bits per heavy atom. The number of benzene rings is 1. The SMILES string of the molecule is CS(=O)(=O)Nc1ccc(C(=O)NCC2(O)CN3CCC2CC3)cc1. The second-order valence-corrected chi connectivity index (χ2v) is 8.54. The molecule has 3 aliphatic heterocycles. The molecule has 1 unspecified atom stereocenters. The summed E-state index contributed by atoms with van der Waals surface area (Å²) >= 11 is 0. The molecule has 132 valence electrons. The van der Waals surface area contributed by atoms with Gasteiger partial charge in [0.1, 0.15) is 0 Å². The Balaban J connectivity index is 1.59. The van der Waals surface area contributed by atoms with Crippen LogP contribution in [0.2, 0.25) is 0 Å². The van der Waals surface area contributed by atoms with Gasteiger partial charge in [-0.2, -0.15) is 0 Å². The van der Waals surface area contributed by atoms with E-state index in [1.807, 2.05) is 0 Å². The van der Waals surface area contributed by atoms with E-state index in [2.05, 4.69) is 14.9 Å². The molecule has 24 heavy (non-hydrogen) atoms. The Labute approximate surface area is 142 Å². The number of carbonyl (C=O) groups is 1. The number of piperidine rings is 3. The smallest absolute Gasteiger partial charge is 0.251 e. The first-order chi connectivity index (χ1) is 11.3. The highest BCUT2D eigenvalue weighted by atomic mass is 32.2. The number of rotatable bonds is 5. The first-order valence-electron chi connectivity index (χ1n) is 8.06. The van der Waals surface area contributed by atoms with E-state index in [0.29, 0.717) is 17.8 Å². The highest BCUT2D eigenvalue weighted by Crippen LogP contribution is 2.35. The van der Waals surface area contributed by atoms with Crippen LogP contribution in [0.15, 0.2) is 24.3 Å². The van der Waals surface area contributed by atoms with E-state index >= 15 is 0 Å². The van der Waals surface area contributed by atoms with Crippen molar-refractivity contribution in [2.24, 2.45) is 5.92 Å². The zero-order chi connectivity index (χ0) is 17.4. The van der Waals surface area contributed by atoms with E-state index < -0.39 is 15.6 Å². The summed E-state index contributed by atoms with van der Waals surface area (Å²) in [6.45, 7) is 2.89. The molecule has 1 aromatic rings. The summed E-state index contributed by atoms with van der Waals surface area (Å²) in [5.74, 6) is -0.0325. The van der Waals surface area contributed by atoms with Gasteiger partial charge in [-0.25, -0.2) is 8.42 Å². The summed E-state index contributed by atoms with van der Waals surface area (Å²) < 4.78 is 24.7. The van der Waals surface area contributed by atoms with Gasteiger partial charge in [0, 0.05) is 24.3 Å². The van der Waals surface area contributed by atoms with E-state index in [-0.39, 0.29) is 18.4 Å². The maximum absolute atomic E-state index is 12.3. The fraction of sp³-hybridized carbons (Fsp3) is 0.562. The van der Waals surface area contributed by atoms with Gasteiger partial charge < -0.3 is 15.3 Å². The van der Waals surface area contributed by atoms with E-state index in [1.165, 1.54) is 0 Å². The fourth-order valence-electron chi connectivity index (χ4n) is 3.58. The molecule has 3 saturated heterocycles. The molecule has 7 nitrogen and oxygen atoms in total. The molecule has 2 bridgehead atoms. The van der Waals surface area contributed by atoms with Crippen LogP contribution in [0.25, 0.3) is 0 Å². The lowest BCUT2D eigenvalue weighted by molar-refractivity contribution is -0.108. The van der Waals surface area contributed by atoms with Crippen LogP contribution in [0.4, 0.5) is 5.69 Å². The second-order valence-electron chi connectivity index (χ2n) is 6.79. The van der Waals surface area contributed by atoms with E-state index in [0.717, 1.165) is 32.2 Å². The summed E-state index contributed by atoms with van der Waals surface area (Å²) in [5, 5.41) is 13.6. The lowest BCUT2D eigenvalue weighted by Crippen LogP contribution is -2.63. The molecule has 3 fully saturated rings. The average Bonchev–Trinajstić information content (AvgIpc) is 2.53. The first kappa shape index (κ1) is 17.2. The highest BCUT2D eigenvalue weighted by molar-refractivity contribution is 7.92. The maximum Gasteiger partial charge on any atom is 0.251 e. The second kappa shape index (κ2) is 6.34. The number of aliphatic hydroxyl groups is 1. The van der Waals surface area contributed by atoms with Crippen molar-refractivity contribution in [3.8, 4) is 0 Å². The standard InChI is InChI=1S/C16H23N3O4S/c1-24(22,23)18-14-4-2-12(3-5-14)15(20)17-10-16(21)11-19-8-6-13(16)7-9-19/h2-5,13,18,21H,6-11H2,1H3,(H,17,20). The van der Waals surface area contributed by atoms with Crippen LogP contribution in [0.3, 0.4) is 0 Å². The van der Waals surface area contributed by atoms with E-state index in [9.17, 15) is 18.3 Å². The molecule has 3 heterocycles. The Morgan fingerprint density at radius 3 is 2.42 bits per heavy atom. The van der Waals surface area contributed by atoms with Crippen LogP contribution in [0.1, 0.15) is 23.2 Å². The lowest BCUT2D eigenvalue weighted by Gasteiger charge is -2.50. The van der Waals surface area contributed by atoms with Crippen molar-refractivity contribution < 1.29 is 18.3 Å². The van der Waals surface area contributed by atoms with Crippen LogP contribution in [-0.2, 0) is 10.0 Å². The van der Waals surface area contributed by atoms with Crippen molar-refractivity contribution in [2.75, 3.05) is 37.2 Å². The molecule has 3 N–H and O–H groups in total. The number of nitrogens with zero attached hydrogens (tertiary/aromatic N) is 1. The Kier molecular flexibility index (Phi) is 4.54. The normalized spacial score (nSPS) is 29.2. The first-order valence-corrected chi connectivity index (χ1v) is 9.95. The number of nitrogens with one attached hydrogen (secondary N) is 2. The molecule has 0 radical (unpaired) electrons. The van der Waals surface area contributed by atoms with Gasteiger partial charge in [0.15, 0.2) is 0 Å². The van der Waals surface area contributed by atoms with Crippen LogP contribution in [0.5, 0.6) is 0 Å². The van der Waals surface area contributed by atoms with Gasteiger partial charge in [-0.15, -0.1) is 0 Å². The Morgan fingerprint density at radius 2 is 1.92 bits per heavy atom. The highest BCUT2D eigenvalue weighted by Gasteiger charge is 2.45. The van der Waals surface area contributed by atoms with Crippen molar-refractivity contribution in [3.63, 3.8) is 0 Å². The summed E-state index contributed by atoms with van der Waals surface area (Å²) in [4.78, 5) is 14.5. The predicted octanol–water partition coefficient (Wildman–Crippen LogP) is 0.245. The average molecular weight is 353 g/mol. The third-order valence-corrected chi connectivity index (χ3v) is 5.46. The molecular formula is C16H23N3O4S. The fourth-order valence-corrected chi connectivity index (χ4v) is 4.15. The van der Waals surface area contributed by atoms with Gasteiger partial charge in [0.05, 0.1) is 11.9 Å². The van der Waals surface area contributed by atoms with E-state index in [4.69, 9.17) is 0 Å². The number of amides is 1. The van der Waals surface area contributed by atoms with Crippen molar-refractivity contribution in [3.05, 3.63) is 29.8 Å². The van der Waals surface area contributed by atoms with Gasteiger partial charge in [0.2, 0.25) is 10.0 Å². The molecule has 1 aromatic carbocycles. The lowest BCUT2D eigenvalue weighted by atomic mass is 9.75. The summed E-state index contributed by atoms with van der Waals surface area (Å²) in [6, 6.07) is 6.20. The van der Waals surface area contributed by atoms with Gasteiger partial charge in [0.25, 0.3) is 5.91 Å². The van der Waals surface area contributed by atoms with Gasteiger partial charge >= 0.3 is 0 Å². The number of anilines is 1. The number of carbonyl (C=O) groups excluding carboxylic acids is 1. The van der Waals surface area contributed by atoms with Crippen molar-refractivity contribution >= 4 is 21.6 Å². The van der Waals surface area contributed by atoms with Gasteiger partial charge in [-0.3, -0.25) is 9.52 Å². The van der Waals surface area contributed by atoms with Crippen LogP contribution < -0.4 is 10.0 Å². The van der Waals surface area contributed by atoms with Gasteiger partial charge in [-0.05, 0) is 56.1 Å². The molecule has 0 aromatic heterocycles. The Hall–Kier alpha value is -1.64. The molecule has 1 atom stereocenters. The van der Waals surface area contributed by atoms with Gasteiger partial charge in [-0.1, -0.05) is 0 Å². The molecule has 3 aliphatic rings. The summed E-state index contributed by atoms with van der Waals surface area (Å²) in [5.41, 5.74) is -0.0202. The van der Waals surface area contributed by atoms with Crippen molar-refractivity contribution in [2.45, 2.75) is 18.4 Å². The van der Waals surface area contributed by atoms with Crippen LogP contribution in [0, 0.1) is 5.92 Å². The number of hydrogen-bond acceptors (Lipinski definition) is 5. The van der Waals surface area contributed by atoms with Crippen molar-refractivity contribution in [1.82, 2.24) is 10.2 Å². The zero-order valence-corrected chi connectivity index (χ0v) is 14.5. The van der Waals surface area contributed by atoms with Crippen LogP contribution >= 0.6 is 0 Å². The number of sulfonamides is 1. The maximum atomic E-state index is 12.3. The predicted molar refractivity (Wildman–Crippen MR) is 91.4 cm³/mol. The van der Waals surface area contributed by atoms with Crippen molar-refractivity contribution in [1.29, 1.82) is 0 Å². The molecule has 1 amide bonds. The molecule has 0 aliphatic carbocycles. The number of hydrogen-bond donors (Lipinski definition) is 3. The Bertz CT molecular complexity index is 711. The number of fused-ring (bicyclic) bond motifs is 3. The summed E-state index contributed by atoms with van der Waals surface area (Å²) in [6.07, 6.45) is 3.01. The molecule has 0 saturated carbocycles. The van der Waals surface area contributed by atoms with Crippen LogP contribution in [-0.4, -0.2) is 62.4 Å². The molecule has 0 spiro atoms. The zero-order valence-electron chi connectivity index (χ0n) is 13.7. The molecule has 4 rings (SSSR count). The third kappa shape index (κ3) is 3.88. The monoisotopic (exact) mass is 353 g/mol. The summed E-state index contributed by atoms with van der Waals surface area (Å²) in [7, 11) is -3.34. The van der Waals surface area contributed by atoms with E-state index in [1.54, 1.807) is 24.3 Å². The minimum atomic E-state index is -3.34. The molecule has 8 heteroatoms.